The van der Waals surface area contributed by atoms with Gasteiger partial charge in [0.05, 0.1) is 5.69 Å². The summed E-state index contributed by atoms with van der Waals surface area (Å²) in [7, 11) is 1.90. The highest BCUT2D eigenvalue weighted by molar-refractivity contribution is 14.0. The zero-order valence-electron chi connectivity index (χ0n) is 15.4. The molecule has 2 aromatic rings. The summed E-state index contributed by atoms with van der Waals surface area (Å²) in [5, 5.41) is 7.81. The van der Waals surface area contributed by atoms with Crippen molar-refractivity contribution >= 4 is 29.9 Å². The van der Waals surface area contributed by atoms with Gasteiger partial charge in [0.2, 0.25) is 0 Å². The molecule has 1 aliphatic heterocycles. The van der Waals surface area contributed by atoms with E-state index in [1.165, 1.54) is 37.8 Å². The average Bonchev–Trinajstić information content (AvgIpc) is 3.29. The minimum atomic E-state index is 0. The predicted octanol–water partition coefficient (Wildman–Crippen LogP) is 3.48. The van der Waals surface area contributed by atoms with Crippen LogP contribution in [0.3, 0.4) is 0 Å². The number of aliphatic imine (C=N–C) groups is 1. The molecule has 1 spiro atoms. The van der Waals surface area contributed by atoms with Crippen molar-refractivity contribution in [3.63, 3.8) is 0 Å². The number of likely N-dealkylation sites (tertiary alicyclic amines) is 1. The highest BCUT2D eigenvalue weighted by atomic mass is 127. The van der Waals surface area contributed by atoms with Crippen molar-refractivity contribution in [1.29, 1.82) is 0 Å². The molecule has 1 saturated heterocycles. The lowest BCUT2D eigenvalue weighted by atomic mass is 9.68. The highest BCUT2D eigenvalue weighted by Gasteiger charge is 2.43. The Bertz CT molecular complexity index is 719. The first-order valence-corrected chi connectivity index (χ1v) is 9.33. The number of rotatable bonds is 4. The van der Waals surface area contributed by atoms with Crippen LogP contribution < -0.4 is 5.32 Å². The molecule has 2 heterocycles. The van der Waals surface area contributed by atoms with Gasteiger partial charge in [-0.05, 0) is 54.9 Å². The second-order valence-corrected chi connectivity index (χ2v) is 7.37. The zero-order chi connectivity index (χ0) is 17.1. The number of benzene rings is 1. The second-order valence-electron chi connectivity index (χ2n) is 7.37. The van der Waals surface area contributed by atoms with E-state index in [0.717, 1.165) is 31.2 Å². The summed E-state index contributed by atoms with van der Waals surface area (Å²) in [5.74, 6) is 1.07. The van der Waals surface area contributed by atoms with Gasteiger partial charge in [0, 0.05) is 39.1 Å². The maximum atomic E-state index is 4.49. The van der Waals surface area contributed by atoms with Crippen molar-refractivity contribution in [2.24, 2.45) is 10.4 Å². The normalized spacial score (nSPS) is 18.5. The molecule has 1 aromatic heterocycles. The van der Waals surface area contributed by atoms with Crippen molar-refractivity contribution in [3.8, 4) is 5.69 Å². The van der Waals surface area contributed by atoms with Crippen LogP contribution in [-0.4, -0.2) is 47.3 Å². The van der Waals surface area contributed by atoms with Gasteiger partial charge in [0.15, 0.2) is 5.96 Å². The largest absolute Gasteiger partial charge is 0.356 e. The van der Waals surface area contributed by atoms with E-state index < -0.39 is 0 Å². The standard InChI is InChI=1S/C20H27N5.HI/c1-21-19(24-15-11-20(16-24)9-2-10-20)22-13-8-17-4-6-18(7-5-17)25-14-3-12-23-25;/h3-7,12,14H,2,8-11,13,15-16H2,1H3,(H,21,22);1H. The Hall–Kier alpha value is -1.57. The van der Waals surface area contributed by atoms with E-state index in [1.807, 2.05) is 24.0 Å². The Morgan fingerprint density at radius 2 is 2.04 bits per heavy atom. The first-order chi connectivity index (χ1) is 12.3. The topological polar surface area (TPSA) is 45.5 Å². The maximum Gasteiger partial charge on any atom is 0.193 e. The lowest BCUT2D eigenvalue weighted by Crippen LogP contribution is -2.43. The van der Waals surface area contributed by atoms with Gasteiger partial charge in [0.25, 0.3) is 0 Å². The lowest BCUT2D eigenvalue weighted by molar-refractivity contribution is 0.151. The van der Waals surface area contributed by atoms with Gasteiger partial charge < -0.3 is 10.2 Å². The SMILES string of the molecule is CN=C(NCCc1ccc(-n2cccn2)cc1)N1CCC2(CCC2)C1.I. The van der Waals surface area contributed by atoms with E-state index >= 15 is 0 Å². The fourth-order valence-corrected chi connectivity index (χ4v) is 4.09. The van der Waals surface area contributed by atoms with Crippen LogP contribution in [0.1, 0.15) is 31.2 Å². The number of hydrogen-bond acceptors (Lipinski definition) is 2. The summed E-state index contributed by atoms with van der Waals surface area (Å²) >= 11 is 0. The monoisotopic (exact) mass is 465 g/mol. The number of hydrogen-bond donors (Lipinski definition) is 1. The van der Waals surface area contributed by atoms with Crippen LogP contribution in [0.5, 0.6) is 0 Å². The molecule has 0 atom stereocenters. The van der Waals surface area contributed by atoms with Gasteiger partial charge in [-0.2, -0.15) is 5.10 Å². The van der Waals surface area contributed by atoms with Crippen molar-refractivity contribution in [1.82, 2.24) is 20.0 Å². The number of nitrogens with one attached hydrogen (secondary N) is 1. The van der Waals surface area contributed by atoms with E-state index in [1.54, 1.807) is 6.20 Å². The van der Waals surface area contributed by atoms with E-state index in [2.05, 4.69) is 44.6 Å². The molecular weight excluding hydrogens is 437 g/mol. The molecule has 2 fully saturated rings. The van der Waals surface area contributed by atoms with Crippen molar-refractivity contribution < 1.29 is 0 Å². The number of halogens is 1. The Morgan fingerprint density at radius 1 is 1.23 bits per heavy atom. The van der Waals surface area contributed by atoms with E-state index in [0.29, 0.717) is 5.41 Å². The molecule has 2 aliphatic rings. The van der Waals surface area contributed by atoms with Gasteiger partial charge >= 0.3 is 0 Å². The summed E-state index contributed by atoms with van der Waals surface area (Å²) in [6.07, 6.45) is 10.3. The lowest BCUT2D eigenvalue weighted by Gasteiger charge is -2.38. The Balaban J connectivity index is 0.00000196. The van der Waals surface area contributed by atoms with Gasteiger partial charge in [-0.1, -0.05) is 18.6 Å². The van der Waals surface area contributed by atoms with E-state index in [9.17, 15) is 0 Å². The molecule has 4 rings (SSSR count). The molecule has 1 N–H and O–H groups in total. The fourth-order valence-electron chi connectivity index (χ4n) is 4.09. The molecule has 140 valence electrons. The Labute approximate surface area is 172 Å². The van der Waals surface area contributed by atoms with Gasteiger partial charge in [0.1, 0.15) is 0 Å². The second kappa shape index (κ2) is 8.41. The molecule has 26 heavy (non-hydrogen) atoms. The number of guanidine groups is 1. The zero-order valence-corrected chi connectivity index (χ0v) is 17.7. The molecule has 0 bridgehead atoms. The number of nitrogens with zero attached hydrogens (tertiary/aromatic N) is 4. The van der Waals surface area contributed by atoms with Crippen molar-refractivity contribution in [3.05, 3.63) is 48.3 Å². The third-order valence-corrected chi connectivity index (χ3v) is 5.77. The molecule has 0 amide bonds. The van der Waals surface area contributed by atoms with Crippen LogP contribution in [0.4, 0.5) is 0 Å². The van der Waals surface area contributed by atoms with Crippen molar-refractivity contribution in [2.75, 3.05) is 26.7 Å². The van der Waals surface area contributed by atoms with Gasteiger partial charge in [-0.15, -0.1) is 24.0 Å². The molecule has 1 saturated carbocycles. The fraction of sp³-hybridized carbons (Fsp3) is 0.500. The third-order valence-electron chi connectivity index (χ3n) is 5.77. The minimum absolute atomic E-state index is 0. The highest BCUT2D eigenvalue weighted by Crippen LogP contribution is 2.47. The van der Waals surface area contributed by atoms with Crippen LogP contribution in [-0.2, 0) is 6.42 Å². The van der Waals surface area contributed by atoms with Crippen molar-refractivity contribution in [2.45, 2.75) is 32.1 Å². The minimum Gasteiger partial charge on any atom is -0.356 e. The van der Waals surface area contributed by atoms with E-state index in [4.69, 9.17) is 0 Å². The smallest absolute Gasteiger partial charge is 0.193 e. The molecule has 5 nitrogen and oxygen atoms in total. The maximum absolute atomic E-state index is 4.49. The van der Waals surface area contributed by atoms with Crippen LogP contribution in [0, 0.1) is 5.41 Å². The molecular formula is C20H28IN5. The van der Waals surface area contributed by atoms with Crippen LogP contribution in [0.25, 0.3) is 5.69 Å². The van der Waals surface area contributed by atoms with Gasteiger partial charge in [-0.3, -0.25) is 4.99 Å². The first kappa shape index (κ1) is 19.2. The Morgan fingerprint density at radius 3 is 2.62 bits per heavy atom. The van der Waals surface area contributed by atoms with Gasteiger partial charge in [-0.25, -0.2) is 4.68 Å². The predicted molar refractivity (Wildman–Crippen MR) is 117 cm³/mol. The molecule has 1 aromatic carbocycles. The van der Waals surface area contributed by atoms with Crippen LogP contribution in [0.15, 0.2) is 47.7 Å². The molecule has 6 heteroatoms. The van der Waals surface area contributed by atoms with Crippen LogP contribution in [0.2, 0.25) is 0 Å². The first-order valence-electron chi connectivity index (χ1n) is 9.33. The summed E-state index contributed by atoms with van der Waals surface area (Å²) in [6.45, 7) is 3.25. The van der Waals surface area contributed by atoms with E-state index in [-0.39, 0.29) is 24.0 Å². The summed E-state index contributed by atoms with van der Waals surface area (Å²) in [6, 6.07) is 10.5. The molecule has 1 aliphatic carbocycles. The quantitative estimate of drug-likeness (QED) is 0.427. The molecule has 0 unspecified atom stereocenters. The summed E-state index contributed by atoms with van der Waals surface area (Å²) in [5.41, 5.74) is 3.04. The number of aromatic nitrogens is 2. The van der Waals surface area contributed by atoms with Crippen LogP contribution >= 0.6 is 24.0 Å². The Kier molecular flexibility index (Phi) is 6.21. The molecule has 0 radical (unpaired) electrons. The summed E-state index contributed by atoms with van der Waals surface area (Å²) < 4.78 is 1.88. The third kappa shape index (κ3) is 4.05. The summed E-state index contributed by atoms with van der Waals surface area (Å²) in [4.78, 5) is 6.94. The average molecular weight is 465 g/mol.